The van der Waals surface area contributed by atoms with E-state index < -0.39 is 17.9 Å². The molecule has 5 N–H and O–H groups in total. The summed E-state index contributed by atoms with van der Waals surface area (Å²) in [6.45, 7) is 11.6. The monoisotopic (exact) mass is 366 g/mol. The van der Waals surface area contributed by atoms with Gasteiger partial charge in [-0.1, -0.05) is 40.3 Å². The van der Waals surface area contributed by atoms with Crippen LogP contribution < -0.4 is 0 Å². The van der Waals surface area contributed by atoms with Gasteiger partial charge in [-0.05, 0) is 6.42 Å². The molecule has 0 saturated carbocycles. The van der Waals surface area contributed by atoms with Crippen LogP contribution in [0.15, 0.2) is 25.3 Å². The van der Waals surface area contributed by atoms with E-state index in [1.54, 1.807) is 13.8 Å². The fraction of sp³-hybridized carbons (Fsp3) is 0.562. The van der Waals surface area contributed by atoms with Gasteiger partial charge in [0, 0.05) is 24.0 Å². The number of hydrogen-bond donors (Lipinski definition) is 5. The van der Waals surface area contributed by atoms with Crippen LogP contribution in [-0.4, -0.2) is 56.8 Å². The van der Waals surface area contributed by atoms with E-state index >= 15 is 0 Å². The summed E-state index contributed by atoms with van der Waals surface area (Å²) in [6.07, 6.45) is 3.70. The van der Waals surface area contributed by atoms with Crippen LogP contribution >= 0.6 is 0 Å². The Kier molecular flexibility index (Phi) is 26.7. The molecule has 25 heavy (non-hydrogen) atoms. The Bertz CT molecular complexity index is 352. The number of hydrogen-bond acceptors (Lipinski definition) is 7. The molecule has 0 rings (SSSR count). The zero-order valence-electron chi connectivity index (χ0n) is 15.0. The van der Waals surface area contributed by atoms with Crippen LogP contribution in [0.1, 0.15) is 40.0 Å². The van der Waals surface area contributed by atoms with Crippen molar-refractivity contribution in [2.45, 2.75) is 40.0 Å². The second-order valence-corrected chi connectivity index (χ2v) is 5.13. The van der Waals surface area contributed by atoms with Gasteiger partial charge in [-0.2, -0.15) is 5.26 Å². The molecular weight excluding hydrogens is 336 g/mol. The van der Waals surface area contributed by atoms with Crippen molar-refractivity contribution in [2.24, 2.45) is 5.41 Å². The maximum Gasteiger partial charge on any atom is 0.342 e. The van der Waals surface area contributed by atoms with Gasteiger partial charge in [0.2, 0.25) is 0 Å². The molecule has 0 aromatic carbocycles. The van der Waals surface area contributed by atoms with Gasteiger partial charge < -0.3 is 25.3 Å². The number of carboxylic acids is 2. The smallest absolute Gasteiger partial charge is 0.342 e. The predicted octanol–water partition coefficient (Wildman–Crippen LogP) is 1.70. The molecule has 9 heteroatoms. The Labute approximate surface area is 147 Å². The fourth-order valence-corrected chi connectivity index (χ4v) is 0.417. The van der Waals surface area contributed by atoms with E-state index in [0.29, 0.717) is 6.42 Å². The summed E-state index contributed by atoms with van der Waals surface area (Å²) in [5.74, 6) is -2.51. The van der Waals surface area contributed by atoms with E-state index in [9.17, 15) is 14.4 Å². The first-order chi connectivity index (χ1) is 11.5. The number of rotatable bonds is 7. The first-order valence-corrected chi connectivity index (χ1v) is 7.24. The number of carbonyl (C=O) groups is 3. The number of unbranched alkanes of at least 4 members (excludes halogenated alkanes) is 1. The summed E-state index contributed by atoms with van der Waals surface area (Å²) >= 11 is 0. The summed E-state index contributed by atoms with van der Waals surface area (Å²) in [6, 6.07) is 0. The summed E-state index contributed by atoms with van der Waals surface area (Å²) in [5.41, 5.74) is -0.306. The minimum Gasteiger partial charge on any atom is -0.478 e. The van der Waals surface area contributed by atoms with Crippen molar-refractivity contribution in [3.8, 4) is 0 Å². The lowest BCUT2D eigenvalue weighted by atomic mass is 9.97. The molecule has 148 valence electrons. The van der Waals surface area contributed by atoms with Crippen LogP contribution in [-0.2, 0) is 19.3 Å². The molecule has 0 heterocycles. The van der Waals surface area contributed by atoms with Crippen LogP contribution in [0.25, 0.3) is 0 Å². The predicted molar refractivity (Wildman–Crippen MR) is 91.9 cm³/mol. The first kappa shape index (κ1) is 30.6. The zero-order valence-corrected chi connectivity index (χ0v) is 15.0. The molecule has 0 bridgehead atoms. The summed E-state index contributed by atoms with van der Waals surface area (Å²) in [5, 5.41) is 39.8. The maximum absolute atomic E-state index is 10.1. The summed E-state index contributed by atoms with van der Waals surface area (Å²) in [4.78, 5) is 32.0. The molecule has 0 saturated heterocycles. The van der Waals surface area contributed by atoms with E-state index in [1.165, 1.54) is 0 Å². The maximum atomic E-state index is 10.1. The average Bonchev–Trinajstić information content (AvgIpc) is 2.60. The second-order valence-electron chi connectivity index (χ2n) is 5.13. The van der Waals surface area contributed by atoms with Gasteiger partial charge in [0.05, 0.1) is 13.2 Å². The molecule has 0 radical (unpaired) electrons. The molecule has 0 atom stereocenters. The number of carboxylic acid groups (broad SMARTS) is 2. The SMILES string of the molecule is C=CC(=O)O.C=CC(=O)O.CC(C)(CO)CO.CCCCC(=O)OO. The molecule has 0 aromatic heterocycles. The lowest BCUT2D eigenvalue weighted by Crippen LogP contribution is -2.20. The average molecular weight is 366 g/mol. The first-order valence-electron chi connectivity index (χ1n) is 7.24. The fourth-order valence-electron chi connectivity index (χ4n) is 0.417. The molecule has 0 aliphatic rings. The van der Waals surface area contributed by atoms with Crippen molar-refractivity contribution in [3.63, 3.8) is 0 Å². The van der Waals surface area contributed by atoms with Gasteiger partial charge >= 0.3 is 17.9 Å². The largest absolute Gasteiger partial charge is 0.478 e. The molecular formula is C16H30O9. The quantitative estimate of drug-likeness (QED) is 0.256. The third-order valence-electron chi connectivity index (χ3n) is 2.04. The van der Waals surface area contributed by atoms with Gasteiger partial charge in [-0.15, -0.1) is 0 Å². The van der Waals surface area contributed by atoms with E-state index in [4.69, 9.17) is 25.7 Å². The van der Waals surface area contributed by atoms with Crippen LogP contribution in [0.2, 0.25) is 0 Å². The van der Waals surface area contributed by atoms with Crippen LogP contribution in [0.3, 0.4) is 0 Å². The minimum absolute atomic E-state index is 0.0451. The zero-order chi connectivity index (χ0) is 20.9. The molecule has 0 aliphatic carbocycles. The van der Waals surface area contributed by atoms with Crippen molar-refractivity contribution in [1.29, 1.82) is 0 Å². The van der Waals surface area contributed by atoms with E-state index in [-0.39, 0.29) is 18.6 Å². The Hall–Kier alpha value is -2.23. The highest BCUT2D eigenvalue weighted by Gasteiger charge is 2.13. The van der Waals surface area contributed by atoms with Gasteiger partial charge in [-0.3, -0.25) is 0 Å². The highest BCUT2D eigenvalue weighted by atomic mass is 17.1. The Morgan fingerprint density at radius 2 is 1.32 bits per heavy atom. The van der Waals surface area contributed by atoms with Gasteiger partial charge in [-0.25, -0.2) is 14.4 Å². The van der Waals surface area contributed by atoms with Crippen LogP contribution in [0.5, 0.6) is 0 Å². The third-order valence-corrected chi connectivity index (χ3v) is 2.04. The van der Waals surface area contributed by atoms with E-state index in [2.05, 4.69) is 18.0 Å². The molecule has 0 fully saturated rings. The number of aliphatic hydroxyl groups is 2. The van der Waals surface area contributed by atoms with Crippen molar-refractivity contribution in [1.82, 2.24) is 0 Å². The standard InChI is InChI=1S/C5H10O3.C5H12O2.2C3H4O2/c1-2-3-4-5(6)8-7;1-5(2,3-6)4-7;2*1-2-3(4)5/h7H,2-4H2,1H3;6-7H,3-4H2,1-2H3;2*2H,1H2,(H,4,5). The summed E-state index contributed by atoms with van der Waals surface area (Å²) in [7, 11) is 0. The number of aliphatic hydroxyl groups excluding tert-OH is 2. The molecule has 0 aromatic rings. The molecule has 0 spiro atoms. The van der Waals surface area contributed by atoms with Crippen molar-refractivity contribution in [3.05, 3.63) is 25.3 Å². The normalized spacial score (nSPS) is 8.72. The Morgan fingerprint density at radius 1 is 1.00 bits per heavy atom. The lowest BCUT2D eigenvalue weighted by Gasteiger charge is -2.16. The van der Waals surface area contributed by atoms with Gasteiger partial charge in [0.25, 0.3) is 0 Å². The molecule has 0 unspecified atom stereocenters. The van der Waals surface area contributed by atoms with E-state index in [1.807, 2.05) is 6.92 Å². The number of carbonyl (C=O) groups excluding carboxylic acids is 1. The molecule has 0 aliphatic heterocycles. The van der Waals surface area contributed by atoms with Crippen molar-refractivity contribution < 1.29 is 45.0 Å². The van der Waals surface area contributed by atoms with Crippen molar-refractivity contribution in [2.75, 3.05) is 13.2 Å². The molecule has 0 amide bonds. The van der Waals surface area contributed by atoms with Gasteiger partial charge in [0.15, 0.2) is 0 Å². The Morgan fingerprint density at radius 3 is 1.44 bits per heavy atom. The topological polar surface area (TPSA) is 162 Å². The van der Waals surface area contributed by atoms with Gasteiger partial charge in [0.1, 0.15) is 0 Å². The number of aliphatic carboxylic acids is 2. The van der Waals surface area contributed by atoms with Crippen LogP contribution in [0, 0.1) is 5.41 Å². The Balaban J connectivity index is -0.000000120. The minimum atomic E-state index is -0.981. The summed E-state index contributed by atoms with van der Waals surface area (Å²) < 4.78 is 0. The second kappa shape index (κ2) is 21.8. The van der Waals surface area contributed by atoms with Crippen LogP contribution in [0.4, 0.5) is 0 Å². The van der Waals surface area contributed by atoms with Crippen molar-refractivity contribution >= 4 is 17.9 Å². The highest BCUT2D eigenvalue weighted by Crippen LogP contribution is 2.10. The molecule has 9 nitrogen and oxygen atoms in total. The lowest BCUT2D eigenvalue weighted by molar-refractivity contribution is -0.234. The third kappa shape index (κ3) is 44.9. The van der Waals surface area contributed by atoms with E-state index in [0.717, 1.165) is 25.0 Å². The highest BCUT2D eigenvalue weighted by molar-refractivity contribution is 5.79.